The minimum absolute atomic E-state index is 0.0239. The lowest BCUT2D eigenvalue weighted by atomic mass is 10.0. The van der Waals surface area contributed by atoms with Crippen LogP contribution in [0.5, 0.6) is 0 Å². The summed E-state index contributed by atoms with van der Waals surface area (Å²) in [6.07, 6.45) is -4.46. The first-order valence-electron chi connectivity index (χ1n) is 10.8. The molecule has 7 nitrogen and oxygen atoms in total. The summed E-state index contributed by atoms with van der Waals surface area (Å²) in [5.41, 5.74) is -0.120. The molecule has 1 aromatic carbocycles. The van der Waals surface area contributed by atoms with Gasteiger partial charge in [0.1, 0.15) is 30.1 Å². The first-order valence-corrected chi connectivity index (χ1v) is 12.2. The van der Waals surface area contributed by atoms with Crippen LogP contribution < -0.4 is 0 Å². The lowest BCUT2D eigenvalue weighted by Crippen LogP contribution is -2.44. The molecular formula is C23H19F5N4O3S. The predicted molar refractivity (Wildman–Crippen MR) is 117 cm³/mol. The molecule has 190 valence electrons. The zero-order valence-corrected chi connectivity index (χ0v) is 19.3. The third-order valence-corrected chi connectivity index (χ3v) is 7.62. The smallest absolute Gasteiger partial charge is 0.298 e. The fraction of sp³-hybridized carbons (Fsp3) is 0.304. The highest BCUT2D eigenvalue weighted by atomic mass is 32.2. The topological polar surface area (TPSA) is 93.1 Å². The van der Waals surface area contributed by atoms with Gasteiger partial charge in [0, 0.05) is 30.4 Å². The van der Waals surface area contributed by atoms with Gasteiger partial charge in [-0.15, -0.1) is 0 Å². The molecule has 3 aromatic rings. The average molecular weight is 526 g/mol. The van der Waals surface area contributed by atoms with Gasteiger partial charge in [-0.05, 0) is 55.3 Å². The maximum Gasteiger partial charge on any atom is 0.433 e. The molecule has 1 fully saturated rings. The summed E-state index contributed by atoms with van der Waals surface area (Å²) in [6, 6.07) is 5.99. The van der Waals surface area contributed by atoms with Crippen LogP contribution in [-0.2, 0) is 27.4 Å². The summed E-state index contributed by atoms with van der Waals surface area (Å²) < 4.78 is 92.7. The van der Waals surface area contributed by atoms with Crippen LogP contribution in [-0.4, -0.2) is 52.2 Å². The third-order valence-electron chi connectivity index (χ3n) is 5.73. The Bertz CT molecular complexity index is 1350. The van der Waals surface area contributed by atoms with Crippen LogP contribution in [0, 0.1) is 5.82 Å². The van der Waals surface area contributed by atoms with Gasteiger partial charge in [0.2, 0.25) is 10.0 Å². The number of benzene rings is 1. The van der Waals surface area contributed by atoms with Crippen molar-refractivity contribution >= 4 is 15.8 Å². The summed E-state index contributed by atoms with van der Waals surface area (Å²) in [5, 5.41) is 0. The van der Waals surface area contributed by atoms with E-state index in [2.05, 4.69) is 15.0 Å². The number of hydrogen-bond donors (Lipinski definition) is 0. The highest BCUT2D eigenvalue weighted by Gasteiger charge is 2.45. The molecular weight excluding hydrogens is 507 g/mol. The summed E-state index contributed by atoms with van der Waals surface area (Å²) >= 11 is 0. The van der Waals surface area contributed by atoms with E-state index in [0.29, 0.717) is 11.3 Å². The number of pyridine rings is 1. The quantitative estimate of drug-likeness (QED) is 0.432. The lowest BCUT2D eigenvalue weighted by molar-refractivity contribution is -0.141. The fourth-order valence-corrected chi connectivity index (χ4v) is 5.55. The predicted octanol–water partition coefficient (Wildman–Crippen LogP) is 4.00. The van der Waals surface area contributed by atoms with E-state index in [1.54, 1.807) is 0 Å². The molecule has 2 atom stereocenters. The van der Waals surface area contributed by atoms with Crippen LogP contribution in [0.25, 0.3) is 11.3 Å². The molecule has 0 aliphatic carbocycles. The van der Waals surface area contributed by atoms with Gasteiger partial charge in [0.05, 0.1) is 10.6 Å². The molecule has 0 amide bonds. The van der Waals surface area contributed by atoms with Crippen LogP contribution in [0.1, 0.15) is 24.2 Å². The first kappa shape index (κ1) is 25.8. The van der Waals surface area contributed by atoms with E-state index in [-0.39, 0.29) is 36.4 Å². The van der Waals surface area contributed by atoms with Gasteiger partial charge in [0.25, 0.3) is 0 Å². The molecule has 0 N–H and O–H groups in total. The van der Waals surface area contributed by atoms with Crippen LogP contribution in [0.15, 0.2) is 59.9 Å². The summed E-state index contributed by atoms with van der Waals surface area (Å²) in [5.74, 6) is -1.29. The summed E-state index contributed by atoms with van der Waals surface area (Å²) in [6.45, 7) is -0.199. The number of nitrogens with zero attached hydrogens (tertiary/aromatic N) is 4. The van der Waals surface area contributed by atoms with Crippen molar-refractivity contribution in [2.24, 2.45) is 0 Å². The van der Waals surface area contributed by atoms with Crippen molar-refractivity contribution < 1.29 is 35.2 Å². The number of carbonyl (C=O) groups excluding carboxylic acids is 1. The monoisotopic (exact) mass is 526 g/mol. The Morgan fingerprint density at radius 3 is 2.42 bits per heavy atom. The molecule has 0 radical (unpaired) electrons. The highest BCUT2D eigenvalue weighted by molar-refractivity contribution is 7.89. The van der Waals surface area contributed by atoms with Gasteiger partial charge in [-0.2, -0.15) is 17.5 Å². The number of ketones is 1. The maximum atomic E-state index is 14.6. The van der Waals surface area contributed by atoms with E-state index in [0.717, 1.165) is 40.8 Å². The minimum Gasteiger partial charge on any atom is -0.298 e. The Balaban J connectivity index is 1.47. The van der Waals surface area contributed by atoms with Crippen LogP contribution in [0.4, 0.5) is 22.0 Å². The molecule has 4 rings (SSSR count). The highest BCUT2D eigenvalue weighted by Crippen LogP contribution is 2.31. The number of aromatic nitrogens is 3. The molecule has 36 heavy (non-hydrogen) atoms. The second-order valence-corrected chi connectivity index (χ2v) is 10.0. The Kier molecular flexibility index (Phi) is 7.14. The van der Waals surface area contributed by atoms with Crippen molar-refractivity contribution in [3.63, 3.8) is 0 Å². The number of rotatable bonds is 7. The SMILES string of the molecule is O=C(CCc1cc(-c2ccc(C(F)(F)F)nc2)ncn1)[C@@H]1[C@@H](F)CCN1S(=O)(=O)c1ccc(F)cc1. The maximum absolute atomic E-state index is 14.6. The molecule has 13 heteroatoms. The van der Waals surface area contributed by atoms with Gasteiger partial charge in [-0.25, -0.2) is 27.2 Å². The number of aryl methyl sites for hydroxylation is 1. The molecule has 1 saturated heterocycles. The van der Waals surface area contributed by atoms with E-state index >= 15 is 0 Å². The van der Waals surface area contributed by atoms with Gasteiger partial charge in [-0.3, -0.25) is 9.78 Å². The van der Waals surface area contributed by atoms with Crippen LogP contribution >= 0.6 is 0 Å². The van der Waals surface area contributed by atoms with Gasteiger partial charge in [-0.1, -0.05) is 0 Å². The minimum atomic E-state index is -4.58. The Hall–Kier alpha value is -3.32. The van der Waals surface area contributed by atoms with E-state index in [4.69, 9.17) is 0 Å². The fourth-order valence-electron chi connectivity index (χ4n) is 3.91. The zero-order chi connectivity index (χ0) is 26.1. The van der Waals surface area contributed by atoms with E-state index in [9.17, 15) is 35.2 Å². The normalized spacial score (nSPS) is 18.9. The van der Waals surface area contributed by atoms with E-state index < -0.39 is 45.7 Å². The Labute approximate surface area is 203 Å². The van der Waals surface area contributed by atoms with E-state index in [1.807, 2.05) is 0 Å². The standard InChI is InChI=1S/C23H19F5N4O3S/c24-15-2-5-17(6-3-15)36(34,35)32-10-9-18(25)22(32)20(33)7-4-16-11-19(31-13-30-16)14-1-8-21(29-12-14)23(26,27)28/h1-3,5-6,8,11-13,18,22H,4,7,9-10H2/t18-,22-/m0/s1. The third kappa shape index (κ3) is 5.41. The molecule has 0 bridgehead atoms. The second kappa shape index (κ2) is 9.97. The van der Waals surface area contributed by atoms with E-state index in [1.165, 1.54) is 18.5 Å². The van der Waals surface area contributed by atoms with Crippen molar-refractivity contribution in [2.45, 2.75) is 42.5 Å². The van der Waals surface area contributed by atoms with Gasteiger partial charge >= 0.3 is 6.18 Å². The van der Waals surface area contributed by atoms with Crippen LogP contribution in [0.3, 0.4) is 0 Å². The molecule has 0 spiro atoms. The first-order chi connectivity index (χ1) is 17.0. The number of alkyl halides is 4. The summed E-state index contributed by atoms with van der Waals surface area (Å²) in [4.78, 5) is 24.1. The molecule has 1 aliphatic heterocycles. The Morgan fingerprint density at radius 1 is 1.06 bits per heavy atom. The largest absolute Gasteiger partial charge is 0.433 e. The molecule has 2 aromatic heterocycles. The molecule has 1 aliphatic rings. The van der Waals surface area contributed by atoms with Gasteiger partial charge in [0.15, 0.2) is 5.78 Å². The van der Waals surface area contributed by atoms with Gasteiger partial charge < -0.3 is 0 Å². The number of Topliss-reactive ketones (excluding diaryl/α,β-unsaturated/α-hetero) is 1. The van der Waals surface area contributed by atoms with Crippen molar-refractivity contribution in [1.82, 2.24) is 19.3 Å². The van der Waals surface area contributed by atoms with Crippen molar-refractivity contribution in [1.29, 1.82) is 0 Å². The molecule has 3 heterocycles. The average Bonchev–Trinajstić information content (AvgIpc) is 3.25. The molecule has 0 saturated carbocycles. The zero-order valence-electron chi connectivity index (χ0n) is 18.5. The number of halogens is 5. The summed E-state index contributed by atoms with van der Waals surface area (Å²) in [7, 11) is -4.23. The number of hydrogen-bond acceptors (Lipinski definition) is 6. The number of carbonyl (C=O) groups is 1. The second-order valence-electron chi connectivity index (χ2n) is 8.11. The van der Waals surface area contributed by atoms with Crippen molar-refractivity contribution in [3.05, 3.63) is 72.2 Å². The number of sulfonamides is 1. The van der Waals surface area contributed by atoms with Crippen molar-refractivity contribution in [3.8, 4) is 11.3 Å². The molecule has 0 unspecified atom stereocenters. The lowest BCUT2D eigenvalue weighted by Gasteiger charge is -2.24. The van der Waals surface area contributed by atoms with Crippen LogP contribution in [0.2, 0.25) is 0 Å². The van der Waals surface area contributed by atoms with Crippen molar-refractivity contribution in [2.75, 3.05) is 6.54 Å². The Morgan fingerprint density at radius 2 is 1.78 bits per heavy atom.